The molecule has 3 aromatic rings. The number of benzene rings is 2. The van der Waals surface area contributed by atoms with Crippen molar-refractivity contribution < 1.29 is 18.8 Å². The van der Waals surface area contributed by atoms with Gasteiger partial charge in [-0.05, 0) is 45.8 Å². The zero-order valence-corrected chi connectivity index (χ0v) is 14.7. The van der Waals surface area contributed by atoms with E-state index in [0.29, 0.717) is 38.1 Å². The third-order valence-corrected chi connectivity index (χ3v) is 4.65. The van der Waals surface area contributed by atoms with Crippen LogP contribution in [0.15, 0.2) is 41.0 Å². The second kappa shape index (κ2) is 6.41. The van der Waals surface area contributed by atoms with Gasteiger partial charge in [0, 0.05) is 11.9 Å². The Morgan fingerprint density at radius 1 is 1.31 bits per heavy atom. The molecule has 7 nitrogen and oxygen atoms in total. The van der Waals surface area contributed by atoms with Gasteiger partial charge < -0.3 is 14.8 Å². The Morgan fingerprint density at radius 3 is 2.92 bits per heavy atom. The predicted octanol–water partition coefficient (Wildman–Crippen LogP) is 4.39. The van der Waals surface area contributed by atoms with E-state index in [1.807, 2.05) is 0 Å². The standard InChI is InChI=1S/C17H11BrFN3O4/c18-11-3-1-9(5-12(11)19)6-20-15-10-2-4-14-17(26-8-25-14)16(10)21-7-13(15)22(23)24/h1-5,7H,6,8H2,(H,20,21). The van der Waals surface area contributed by atoms with Crippen LogP contribution in [0.2, 0.25) is 0 Å². The first-order chi connectivity index (χ1) is 12.5. The zero-order valence-electron chi connectivity index (χ0n) is 13.2. The van der Waals surface area contributed by atoms with E-state index < -0.39 is 10.7 Å². The van der Waals surface area contributed by atoms with E-state index in [1.54, 1.807) is 24.3 Å². The van der Waals surface area contributed by atoms with Gasteiger partial charge in [0.1, 0.15) is 23.2 Å². The molecule has 0 unspecified atom stereocenters. The van der Waals surface area contributed by atoms with Crippen molar-refractivity contribution in [1.82, 2.24) is 4.98 Å². The maximum atomic E-state index is 13.7. The van der Waals surface area contributed by atoms with Crippen LogP contribution < -0.4 is 14.8 Å². The average Bonchev–Trinajstić information content (AvgIpc) is 3.11. The number of anilines is 1. The average molecular weight is 420 g/mol. The smallest absolute Gasteiger partial charge is 0.311 e. The van der Waals surface area contributed by atoms with Crippen LogP contribution in [0, 0.1) is 15.9 Å². The summed E-state index contributed by atoms with van der Waals surface area (Å²) in [4.78, 5) is 15.1. The van der Waals surface area contributed by atoms with Gasteiger partial charge in [0.25, 0.3) is 0 Å². The minimum Gasteiger partial charge on any atom is -0.454 e. The quantitative estimate of drug-likeness (QED) is 0.498. The van der Waals surface area contributed by atoms with Gasteiger partial charge in [0.05, 0.1) is 9.40 Å². The van der Waals surface area contributed by atoms with Crippen molar-refractivity contribution in [2.24, 2.45) is 0 Å². The number of halogens is 2. The van der Waals surface area contributed by atoms with Gasteiger partial charge in [-0.3, -0.25) is 10.1 Å². The van der Waals surface area contributed by atoms with Crippen molar-refractivity contribution in [1.29, 1.82) is 0 Å². The van der Waals surface area contributed by atoms with Crippen molar-refractivity contribution in [2.75, 3.05) is 12.1 Å². The van der Waals surface area contributed by atoms with Gasteiger partial charge in [-0.25, -0.2) is 9.37 Å². The highest BCUT2D eigenvalue weighted by molar-refractivity contribution is 9.10. The molecule has 1 aromatic heterocycles. The molecule has 0 radical (unpaired) electrons. The van der Waals surface area contributed by atoms with Crippen LogP contribution in [0.4, 0.5) is 15.8 Å². The molecule has 0 saturated heterocycles. The summed E-state index contributed by atoms with van der Waals surface area (Å²) in [6.45, 7) is 0.284. The van der Waals surface area contributed by atoms with Crippen LogP contribution >= 0.6 is 15.9 Å². The number of aromatic nitrogens is 1. The van der Waals surface area contributed by atoms with E-state index in [4.69, 9.17) is 9.47 Å². The SMILES string of the molecule is O=[N+]([O-])c1cnc2c3c(ccc2c1NCc1ccc(Br)c(F)c1)OCO3. The van der Waals surface area contributed by atoms with E-state index in [-0.39, 0.29) is 19.0 Å². The number of pyridine rings is 1. The van der Waals surface area contributed by atoms with Gasteiger partial charge in [0.15, 0.2) is 11.5 Å². The summed E-state index contributed by atoms with van der Waals surface area (Å²) >= 11 is 3.10. The van der Waals surface area contributed by atoms with E-state index in [0.717, 1.165) is 0 Å². The molecule has 0 aliphatic carbocycles. The molecule has 0 fully saturated rings. The highest BCUT2D eigenvalue weighted by Gasteiger charge is 2.24. The number of hydrogen-bond donors (Lipinski definition) is 1. The third-order valence-electron chi connectivity index (χ3n) is 4.00. The van der Waals surface area contributed by atoms with Gasteiger partial charge in [-0.15, -0.1) is 0 Å². The third kappa shape index (κ3) is 2.80. The van der Waals surface area contributed by atoms with Crippen LogP contribution in [0.3, 0.4) is 0 Å². The van der Waals surface area contributed by atoms with Crippen molar-refractivity contribution in [3.05, 3.63) is 62.5 Å². The fourth-order valence-corrected chi connectivity index (χ4v) is 3.03. The Bertz CT molecular complexity index is 1040. The second-order valence-corrected chi connectivity index (χ2v) is 6.43. The summed E-state index contributed by atoms with van der Waals surface area (Å²) in [5.74, 6) is 0.594. The summed E-state index contributed by atoms with van der Waals surface area (Å²) in [6, 6.07) is 8.04. The van der Waals surface area contributed by atoms with Crippen LogP contribution in [-0.2, 0) is 6.54 Å². The van der Waals surface area contributed by atoms with Crippen molar-refractivity contribution >= 4 is 38.2 Å². The minimum absolute atomic E-state index is 0.0774. The van der Waals surface area contributed by atoms with Crippen LogP contribution in [0.5, 0.6) is 11.5 Å². The summed E-state index contributed by atoms with van der Waals surface area (Å²) < 4.78 is 24.8. The Labute approximate surface area is 155 Å². The summed E-state index contributed by atoms with van der Waals surface area (Å²) in [5.41, 5.74) is 1.23. The van der Waals surface area contributed by atoms with E-state index in [2.05, 4.69) is 26.2 Å². The first-order valence-corrected chi connectivity index (χ1v) is 8.37. The number of hydrogen-bond acceptors (Lipinski definition) is 6. The number of ether oxygens (including phenoxy) is 2. The Kier molecular flexibility index (Phi) is 4.08. The molecule has 0 spiro atoms. The fourth-order valence-electron chi connectivity index (χ4n) is 2.78. The lowest BCUT2D eigenvalue weighted by Crippen LogP contribution is -2.05. The number of fused-ring (bicyclic) bond motifs is 3. The highest BCUT2D eigenvalue weighted by atomic mass is 79.9. The molecular formula is C17H11BrFN3O4. The number of nitrogens with one attached hydrogen (secondary N) is 1. The molecule has 2 heterocycles. The summed E-state index contributed by atoms with van der Waals surface area (Å²) in [5, 5.41) is 15.0. The fraction of sp³-hybridized carbons (Fsp3) is 0.118. The number of rotatable bonds is 4. The number of nitro groups is 1. The lowest BCUT2D eigenvalue weighted by atomic mass is 10.1. The summed E-state index contributed by atoms with van der Waals surface area (Å²) in [6.07, 6.45) is 1.18. The van der Waals surface area contributed by atoms with Gasteiger partial charge in [-0.1, -0.05) is 6.07 Å². The Hall–Kier alpha value is -2.94. The van der Waals surface area contributed by atoms with Crippen molar-refractivity contribution in [3.63, 3.8) is 0 Å². The normalized spacial score (nSPS) is 12.4. The molecule has 0 atom stereocenters. The second-order valence-electron chi connectivity index (χ2n) is 5.57. The predicted molar refractivity (Wildman–Crippen MR) is 95.9 cm³/mol. The summed E-state index contributed by atoms with van der Waals surface area (Å²) in [7, 11) is 0. The minimum atomic E-state index is -0.512. The molecular weight excluding hydrogens is 409 g/mol. The van der Waals surface area contributed by atoms with E-state index >= 15 is 0 Å². The molecule has 2 aromatic carbocycles. The lowest BCUT2D eigenvalue weighted by Gasteiger charge is -2.11. The molecule has 26 heavy (non-hydrogen) atoms. The molecule has 1 aliphatic heterocycles. The molecule has 132 valence electrons. The molecule has 0 bridgehead atoms. The van der Waals surface area contributed by atoms with Crippen LogP contribution in [0.25, 0.3) is 10.9 Å². The van der Waals surface area contributed by atoms with Gasteiger partial charge >= 0.3 is 5.69 Å². The highest BCUT2D eigenvalue weighted by Crippen LogP contribution is 2.42. The lowest BCUT2D eigenvalue weighted by molar-refractivity contribution is -0.384. The maximum Gasteiger partial charge on any atom is 0.311 e. The first kappa shape index (κ1) is 16.5. The first-order valence-electron chi connectivity index (χ1n) is 7.58. The maximum absolute atomic E-state index is 13.7. The van der Waals surface area contributed by atoms with Crippen LogP contribution in [-0.4, -0.2) is 16.7 Å². The van der Waals surface area contributed by atoms with Crippen molar-refractivity contribution in [2.45, 2.75) is 6.54 Å². The zero-order chi connectivity index (χ0) is 18.3. The Balaban J connectivity index is 1.77. The largest absolute Gasteiger partial charge is 0.454 e. The van der Waals surface area contributed by atoms with Gasteiger partial charge in [-0.2, -0.15) is 0 Å². The molecule has 4 rings (SSSR count). The topological polar surface area (TPSA) is 86.5 Å². The van der Waals surface area contributed by atoms with Crippen molar-refractivity contribution in [3.8, 4) is 11.5 Å². The monoisotopic (exact) mass is 419 g/mol. The van der Waals surface area contributed by atoms with Gasteiger partial charge in [0.2, 0.25) is 6.79 Å². The molecule has 1 N–H and O–H groups in total. The van der Waals surface area contributed by atoms with E-state index in [1.165, 1.54) is 12.3 Å². The molecule has 9 heteroatoms. The number of nitrogens with zero attached hydrogens (tertiary/aromatic N) is 2. The molecule has 0 saturated carbocycles. The van der Waals surface area contributed by atoms with Crippen LogP contribution in [0.1, 0.15) is 5.56 Å². The van der Waals surface area contributed by atoms with E-state index in [9.17, 15) is 14.5 Å². The molecule has 1 aliphatic rings. The molecule has 0 amide bonds. The Morgan fingerprint density at radius 2 is 2.15 bits per heavy atom.